The molecule has 0 saturated carbocycles. The van der Waals surface area contributed by atoms with E-state index < -0.39 is 12.2 Å². The fraction of sp³-hybridized carbons (Fsp3) is 0.413. The number of aromatic nitrogens is 4. The van der Waals surface area contributed by atoms with E-state index in [4.69, 9.17) is 14.7 Å². The summed E-state index contributed by atoms with van der Waals surface area (Å²) in [5.74, 6) is 1.43. The Morgan fingerprint density at radius 1 is 0.746 bits per heavy atom. The van der Waals surface area contributed by atoms with E-state index in [1.165, 1.54) is 9.80 Å². The number of likely N-dealkylation sites (N-methyl/N-ethyl adjacent to an activating group) is 1. The fourth-order valence-electron chi connectivity index (χ4n) is 9.45. The van der Waals surface area contributed by atoms with E-state index in [1.54, 1.807) is 7.05 Å². The number of urea groups is 1. The maximum absolute atomic E-state index is 14.5. The van der Waals surface area contributed by atoms with Crippen LogP contribution in [-0.4, -0.2) is 109 Å². The number of rotatable bonds is 9. The summed E-state index contributed by atoms with van der Waals surface area (Å²) in [6.07, 6.45) is 7.69. The molecule has 6 heterocycles. The van der Waals surface area contributed by atoms with E-state index in [1.807, 2.05) is 59.4 Å². The zero-order valence-corrected chi connectivity index (χ0v) is 33.6. The zero-order valence-electron chi connectivity index (χ0n) is 33.6. The van der Waals surface area contributed by atoms with Crippen LogP contribution in [0.3, 0.4) is 0 Å². The highest BCUT2D eigenvalue weighted by molar-refractivity contribution is 5.89. The number of nitrogens with one attached hydrogen (secondary N) is 2. The minimum Gasteiger partial charge on any atom is -0.368 e. The molecule has 13 heteroatoms. The number of hydrogen-bond acceptors (Lipinski definition) is 6. The monoisotopic (exact) mass is 798 g/mol. The zero-order chi connectivity index (χ0) is 40.6. The molecule has 4 fully saturated rings. The third-order valence-corrected chi connectivity index (χ3v) is 12.6. The van der Waals surface area contributed by atoms with Gasteiger partial charge in [-0.2, -0.15) is 0 Å². The Morgan fingerprint density at radius 3 is 1.85 bits per heavy atom. The summed E-state index contributed by atoms with van der Waals surface area (Å²) in [7, 11) is 1.64. The fourth-order valence-corrected chi connectivity index (χ4v) is 9.45. The number of H-pyrrole nitrogens is 2. The van der Waals surface area contributed by atoms with Gasteiger partial charge in [0.2, 0.25) is 0 Å². The summed E-state index contributed by atoms with van der Waals surface area (Å²) in [5, 5.41) is 0. The molecule has 59 heavy (non-hydrogen) atoms. The molecule has 5 aromatic rings. The number of alkyl halides is 1. The van der Waals surface area contributed by atoms with Crippen molar-refractivity contribution in [1.29, 1.82) is 0 Å². The standard InChI is InChI=1S/C46H51FN8O4/c1-29-25-35(47)28-55(29)46(58)52(2)41(34-9-4-3-5-10-34)45(57)54-23-7-12-39(54)43-49-27-37(51-43)33-20-16-31(17-21-33)30-14-18-32(19-15-30)36-26-48-42(50-36)38-11-6-22-53(38)44(56)40-13-8-24-59-40/h3-5,9-10,14-21,26-27,29,35,38-41H,6-8,11-13,22-25,28H2,1-2H3,(H,48,50)(H,49,51)/t29?,35-,38+,39+,40+,41-/m1/s1. The highest BCUT2D eigenvalue weighted by Gasteiger charge is 2.42. The van der Waals surface area contributed by atoms with Gasteiger partial charge in [0, 0.05) is 39.2 Å². The lowest BCUT2D eigenvalue weighted by Crippen LogP contribution is -2.49. The number of carbonyl (C=O) groups excluding carboxylic acids is 3. The second-order valence-corrected chi connectivity index (χ2v) is 16.4. The number of carbonyl (C=O) groups is 3. The van der Waals surface area contributed by atoms with Crippen molar-refractivity contribution >= 4 is 17.8 Å². The topological polar surface area (TPSA) is 131 Å². The van der Waals surface area contributed by atoms with Crippen LogP contribution >= 0.6 is 0 Å². The molecule has 2 aromatic heterocycles. The number of nitrogens with zero attached hydrogens (tertiary/aromatic N) is 6. The van der Waals surface area contributed by atoms with E-state index in [0.717, 1.165) is 84.5 Å². The lowest BCUT2D eigenvalue weighted by Gasteiger charge is -2.36. The number of imidazole rings is 2. The van der Waals surface area contributed by atoms with Crippen LogP contribution in [0.15, 0.2) is 91.3 Å². The third-order valence-electron chi connectivity index (χ3n) is 12.6. The molecule has 3 aromatic carbocycles. The average Bonchev–Trinajstić information content (AvgIpc) is 4.12. The van der Waals surface area contributed by atoms with Gasteiger partial charge in [-0.3, -0.25) is 9.59 Å². The Kier molecular flexibility index (Phi) is 10.8. The van der Waals surface area contributed by atoms with E-state index in [-0.39, 0.29) is 48.6 Å². The first-order valence-electron chi connectivity index (χ1n) is 21.0. The van der Waals surface area contributed by atoms with Crippen molar-refractivity contribution in [1.82, 2.24) is 39.5 Å². The average molecular weight is 799 g/mol. The number of amides is 4. The molecule has 0 spiro atoms. The normalized spacial score (nSPS) is 23.6. The van der Waals surface area contributed by atoms with Gasteiger partial charge in [-0.05, 0) is 73.3 Å². The number of hydrogen-bond donors (Lipinski definition) is 2. The molecular weight excluding hydrogens is 748 g/mol. The lowest BCUT2D eigenvalue weighted by atomic mass is 10.0. The third kappa shape index (κ3) is 7.64. The van der Waals surface area contributed by atoms with Gasteiger partial charge >= 0.3 is 6.03 Å². The molecule has 2 N–H and O–H groups in total. The first kappa shape index (κ1) is 38.7. The van der Waals surface area contributed by atoms with Crippen molar-refractivity contribution in [3.05, 3.63) is 108 Å². The van der Waals surface area contributed by atoms with E-state index in [9.17, 15) is 18.8 Å². The van der Waals surface area contributed by atoms with Gasteiger partial charge in [0.25, 0.3) is 11.8 Å². The smallest absolute Gasteiger partial charge is 0.321 e. The summed E-state index contributed by atoms with van der Waals surface area (Å²) >= 11 is 0. The lowest BCUT2D eigenvalue weighted by molar-refractivity contribution is -0.142. The van der Waals surface area contributed by atoms with Crippen LogP contribution in [0.2, 0.25) is 0 Å². The maximum Gasteiger partial charge on any atom is 0.321 e. The minimum absolute atomic E-state index is 0.0317. The summed E-state index contributed by atoms with van der Waals surface area (Å²) in [4.78, 5) is 64.6. The molecule has 4 amide bonds. The van der Waals surface area contributed by atoms with Gasteiger partial charge in [-0.15, -0.1) is 0 Å². The Bertz CT molecular complexity index is 2270. The summed E-state index contributed by atoms with van der Waals surface area (Å²) in [6.45, 7) is 3.81. The number of ether oxygens (including phenoxy) is 1. The Balaban J connectivity index is 0.869. The molecule has 4 saturated heterocycles. The van der Waals surface area contributed by atoms with Crippen molar-refractivity contribution in [3.63, 3.8) is 0 Å². The molecule has 6 atom stereocenters. The van der Waals surface area contributed by atoms with Crippen LogP contribution in [0, 0.1) is 0 Å². The molecule has 4 aliphatic heterocycles. The predicted octanol–water partition coefficient (Wildman–Crippen LogP) is 7.87. The molecule has 4 aliphatic rings. The van der Waals surface area contributed by atoms with E-state index in [0.29, 0.717) is 31.0 Å². The molecule has 306 valence electrons. The number of aromatic amines is 2. The summed E-state index contributed by atoms with van der Waals surface area (Å²) in [5.41, 5.74) is 6.63. The van der Waals surface area contributed by atoms with Crippen molar-refractivity contribution in [3.8, 4) is 33.6 Å². The van der Waals surface area contributed by atoms with Crippen molar-refractivity contribution in [2.45, 2.75) is 88.3 Å². The number of halogens is 1. The highest BCUT2D eigenvalue weighted by Crippen LogP contribution is 2.37. The van der Waals surface area contributed by atoms with Crippen LogP contribution in [0.25, 0.3) is 33.6 Å². The first-order valence-corrected chi connectivity index (χ1v) is 21.0. The van der Waals surface area contributed by atoms with Gasteiger partial charge in [0.15, 0.2) is 0 Å². The van der Waals surface area contributed by atoms with Crippen LogP contribution in [0.5, 0.6) is 0 Å². The largest absolute Gasteiger partial charge is 0.368 e. The first-order chi connectivity index (χ1) is 28.7. The van der Waals surface area contributed by atoms with Crippen LogP contribution in [-0.2, 0) is 14.3 Å². The van der Waals surface area contributed by atoms with Gasteiger partial charge in [0.1, 0.15) is 30.0 Å². The van der Waals surface area contributed by atoms with Gasteiger partial charge < -0.3 is 34.3 Å². The molecule has 0 radical (unpaired) electrons. The van der Waals surface area contributed by atoms with Crippen molar-refractivity contribution < 1.29 is 23.5 Å². The van der Waals surface area contributed by atoms with Crippen molar-refractivity contribution in [2.75, 3.05) is 33.3 Å². The molecule has 1 unspecified atom stereocenters. The number of benzene rings is 3. The SMILES string of the molecule is CC1C[C@@H](F)CN1C(=O)N(C)[C@@H](C(=O)N1CCC[C@H]1c1ncc(-c2ccc(-c3ccc(-c4cnc([C@@H]5CCCN5C(=O)[C@@H]5CCCO5)[nH]4)cc3)cc2)[nH]1)c1ccccc1. The maximum atomic E-state index is 14.5. The van der Waals surface area contributed by atoms with Gasteiger partial charge in [-0.25, -0.2) is 19.2 Å². The van der Waals surface area contributed by atoms with Gasteiger partial charge in [-0.1, -0.05) is 78.9 Å². The second-order valence-electron chi connectivity index (χ2n) is 16.4. The van der Waals surface area contributed by atoms with Crippen LogP contribution < -0.4 is 0 Å². The van der Waals surface area contributed by atoms with E-state index >= 15 is 0 Å². The molecule has 0 bridgehead atoms. The highest BCUT2D eigenvalue weighted by atomic mass is 19.1. The quantitative estimate of drug-likeness (QED) is 0.156. The Morgan fingerprint density at radius 2 is 1.31 bits per heavy atom. The van der Waals surface area contributed by atoms with Crippen LogP contribution in [0.4, 0.5) is 9.18 Å². The summed E-state index contributed by atoms with van der Waals surface area (Å²) in [6, 6.07) is 24.3. The predicted molar refractivity (Wildman–Crippen MR) is 221 cm³/mol. The summed E-state index contributed by atoms with van der Waals surface area (Å²) < 4.78 is 20.0. The molecule has 0 aliphatic carbocycles. The molecule has 12 nitrogen and oxygen atoms in total. The second kappa shape index (κ2) is 16.4. The van der Waals surface area contributed by atoms with Gasteiger partial charge in [0.05, 0.1) is 42.4 Å². The van der Waals surface area contributed by atoms with Crippen LogP contribution in [0.1, 0.15) is 87.2 Å². The van der Waals surface area contributed by atoms with Crippen molar-refractivity contribution in [2.24, 2.45) is 0 Å². The molecule has 9 rings (SSSR count). The Hall–Kier alpha value is -5.82. The van der Waals surface area contributed by atoms with E-state index in [2.05, 4.69) is 58.5 Å². The minimum atomic E-state index is -1.07. The Labute approximate surface area is 343 Å². The number of likely N-dealkylation sites (tertiary alicyclic amines) is 3. The molecular formula is C46H51FN8O4.